The molecule has 0 unspecified atom stereocenters. The Balaban J connectivity index is 2.45. The molecule has 0 atom stereocenters. The minimum absolute atomic E-state index is 0.196. The predicted molar refractivity (Wildman–Crippen MR) is 70.2 cm³/mol. The normalized spacial score (nSPS) is 11.5. The van der Waals surface area contributed by atoms with Crippen LogP contribution >= 0.6 is 0 Å². The number of methoxy groups -OCH3 is 1. The van der Waals surface area contributed by atoms with Crippen LogP contribution in [0.3, 0.4) is 0 Å². The highest BCUT2D eigenvalue weighted by Crippen LogP contribution is 2.15. The van der Waals surface area contributed by atoms with Gasteiger partial charge in [-0.1, -0.05) is 26.0 Å². The molecule has 96 valence electrons. The van der Waals surface area contributed by atoms with E-state index in [2.05, 4.69) is 13.8 Å². The molecule has 0 amide bonds. The Morgan fingerprint density at radius 2 is 1.94 bits per heavy atom. The summed E-state index contributed by atoms with van der Waals surface area (Å²) in [5, 5.41) is 0. The lowest BCUT2D eigenvalue weighted by Gasteiger charge is -2.26. The van der Waals surface area contributed by atoms with Crippen LogP contribution in [0.2, 0.25) is 0 Å². The van der Waals surface area contributed by atoms with E-state index in [1.165, 1.54) is 0 Å². The van der Waals surface area contributed by atoms with Crippen LogP contribution in [0.25, 0.3) is 0 Å². The molecule has 1 aromatic carbocycles. The summed E-state index contributed by atoms with van der Waals surface area (Å²) in [7, 11) is 1.67. The third-order valence-electron chi connectivity index (χ3n) is 3.20. The lowest BCUT2D eigenvalue weighted by Crippen LogP contribution is -2.43. The number of nitrogens with two attached hydrogens (primary N) is 1. The fourth-order valence-corrected chi connectivity index (χ4v) is 1.59. The van der Waals surface area contributed by atoms with Crippen LogP contribution in [0, 0.1) is 0 Å². The zero-order valence-corrected chi connectivity index (χ0v) is 11.0. The lowest BCUT2D eigenvalue weighted by molar-refractivity contribution is 0.0695. The van der Waals surface area contributed by atoms with E-state index in [9.17, 15) is 0 Å². The van der Waals surface area contributed by atoms with Crippen molar-refractivity contribution in [2.45, 2.75) is 38.8 Å². The van der Waals surface area contributed by atoms with Crippen LogP contribution in [0.4, 0.5) is 0 Å². The van der Waals surface area contributed by atoms with Crippen LogP contribution in [0.5, 0.6) is 5.75 Å². The van der Waals surface area contributed by atoms with E-state index in [4.69, 9.17) is 15.2 Å². The molecule has 0 radical (unpaired) electrons. The standard InChI is InChI=1S/C14H23NO2/c1-4-14(15,5-2)11-17-10-12-7-6-8-13(9-12)16-3/h6-9H,4-5,10-11,15H2,1-3H3. The zero-order chi connectivity index (χ0) is 12.7. The highest BCUT2D eigenvalue weighted by Gasteiger charge is 2.20. The van der Waals surface area contributed by atoms with E-state index in [1.54, 1.807) is 7.11 Å². The van der Waals surface area contributed by atoms with Gasteiger partial charge in [-0.25, -0.2) is 0 Å². The fourth-order valence-electron chi connectivity index (χ4n) is 1.59. The largest absolute Gasteiger partial charge is 0.497 e. The maximum Gasteiger partial charge on any atom is 0.119 e. The number of ether oxygens (including phenoxy) is 2. The van der Waals surface area contributed by atoms with E-state index in [1.807, 2.05) is 24.3 Å². The van der Waals surface area contributed by atoms with Gasteiger partial charge < -0.3 is 15.2 Å². The van der Waals surface area contributed by atoms with Gasteiger partial charge in [-0.2, -0.15) is 0 Å². The lowest BCUT2D eigenvalue weighted by atomic mass is 9.96. The molecule has 0 heterocycles. The molecular formula is C14H23NO2. The fraction of sp³-hybridized carbons (Fsp3) is 0.571. The summed E-state index contributed by atoms with van der Waals surface area (Å²) in [5.74, 6) is 0.857. The first-order valence-electron chi connectivity index (χ1n) is 6.13. The van der Waals surface area contributed by atoms with Crippen molar-refractivity contribution in [3.63, 3.8) is 0 Å². The second-order valence-corrected chi connectivity index (χ2v) is 4.41. The smallest absolute Gasteiger partial charge is 0.119 e. The topological polar surface area (TPSA) is 44.5 Å². The number of hydrogen-bond donors (Lipinski definition) is 1. The van der Waals surface area contributed by atoms with E-state index in [0.717, 1.165) is 24.2 Å². The summed E-state index contributed by atoms with van der Waals surface area (Å²) < 4.78 is 10.8. The third-order valence-corrected chi connectivity index (χ3v) is 3.20. The van der Waals surface area contributed by atoms with Gasteiger partial charge in [0.2, 0.25) is 0 Å². The van der Waals surface area contributed by atoms with Gasteiger partial charge in [-0.3, -0.25) is 0 Å². The molecule has 2 N–H and O–H groups in total. The molecule has 1 rings (SSSR count). The number of rotatable bonds is 7. The summed E-state index contributed by atoms with van der Waals surface area (Å²) in [6.45, 7) is 5.37. The van der Waals surface area contributed by atoms with E-state index in [0.29, 0.717) is 13.2 Å². The summed E-state index contributed by atoms with van der Waals surface area (Å²) in [6.07, 6.45) is 1.86. The summed E-state index contributed by atoms with van der Waals surface area (Å²) in [5.41, 5.74) is 7.08. The van der Waals surface area contributed by atoms with Gasteiger partial charge in [-0.15, -0.1) is 0 Å². The van der Waals surface area contributed by atoms with Crippen LogP contribution in [0.1, 0.15) is 32.3 Å². The second kappa shape index (κ2) is 6.62. The highest BCUT2D eigenvalue weighted by molar-refractivity contribution is 5.27. The van der Waals surface area contributed by atoms with Gasteiger partial charge in [0.1, 0.15) is 5.75 Å². The molecule has 0 saturated heterocycles. The maximum atomic E-state index is 6.17. The minimum atomic E-state index is -0.196. The molecule has 0 fully saturated rings. The Labute approximate surface area is 104 Å². The predicted octanol–water partition coefficient (Wildman–Crippen LogP) is 2.73. The average molecular weight is 237 g/mol. The monoisotopic (exact) mass is 237 g/mol. The van der Waals surface area contributed by atoms with E-state index in [-0.39, 0.29) is 5.54 Å². The van der Waals surface area contributed by atoms with Crippen LogP contribution in [0.15, 0.2) is 24.3 Å². The summed E-state index contributed by atoms with van der Waals surface area (Å²) in [6, 6.07) is 7.90. The van der Waals surface area contributed by atoms with Crippen molar-refractivity contribution in [1.29, 1.82) is 0 Å². The molecule has 0 aliphatic carbocycles. The molecule has 0 aromatic heterocycles. The Kier molecular flexibility index (Phi) is 5.45. The molecular weight excluding hydrogens is 214 g/mol. The second-order valence-electron chi connectivity index (χ2n) is 4.41. The summed E-state index contributed by atoms with van der Waals surface area (Å²) >= 11 is 0. The van der Waals surface area contributed by atoms with Crippen molar-refractivity contribution in [2.75, 3.05) is 13.7 Å². The number of hydrogen-bond acceptors (Lipinski definition) is 3. The Morgan fingerprint density at radius 1 is 1.24 bits per heavy atom. The third kappa shape index (κ3) is 4.36. The Bertz CT molecular complexity index is 335. The van der Waals surface area contributed by atoms with Gasteiger partial charge in [0, 0.05) is 5.54 Å². The SMILES string of the molecule is CCC(N)(CC)COCc1cccc(OC)c1. The maximum absolute atomic E-state index is 6.17. The zero-order valence-electron chi connectivity index (χ0n) is 11.0. The van der Waals surface area contributed by atoms with Gasteiger partial charge in [0.25, 0.3) is 0 Å². The molecule has 0 aliphatic heterocycles. The van der Waals surface area contributed by atoms with Crippen molar-refractivity contribution in [2.24, 2.45) is 5.73 Å². The van der Waals surface area contributed by atoms with Crippen molar-refractivity contribution in [3.05, 3.63) is 29.8 Å². The van der Waals surface area contributed by atoms with E-state index < -0.39 is 0 Å². The molecule has 0 bridgehead atoms. The molecule has 17 heavy (non-hydrogen) atoms. The van der Waals surface area contributed by atoms with Crippen molar-refractivity contribution in [3.8, 4) is 5.75 Å². The van der Waals surface area contributed by atoms with Gasteiger partial charge >= 0.3 is 0 Å². The van der Waals surface area contributed by atoms with Gasteiger partial charge in [0.15, 0.2) is 0 Å². The van der Waals surface area contributed by atoms with Crippen molar-refractivity contribution >= 4 is 0 Å². The Morgan fingerprint density at radius 3 is 2.53 bits per heavy atom. The van der Waals surface area contributed by atoms with Gasteiger partial charge in [0.05, 0.1) is 20.3 Å². The quantitative estimate of drug-likeness (QED) is 0.793. The summed E-state index contributed by atoms with van der Waals surface area (Å²) in [4.78, 5) is 0. The van der Waals surface area contributed by atoms with Crippen LogP contribution in [-0.2, 0) is 11.3 Å². The average Bonchev–Trinajstić information content (AvgIpc) is 2.39. The number of benzene rings is 1. The highest BCUT2D eigenvalue weighted by atomic mass is 16.5. The molecule has 1 aromatic rings. The first kappa shape index (κ1) is 14.0. The van der Waals surface area contributed by atoms with Gasteiger partial charge in [-0.05, 0) is 30.5 Å². The molecule has 3 nitrogen and oxygen atoms in total. The molecule has 0 saturated carbocycles. The molecule has 0 aliphatic rings. The van der Waals surface area contributed by atoms with E-state index >= 15 is 0 Å². The molecule has 0 spiro atoms. The van der Waals surface area contributed by atoms with Crippen molar-refractivity contribution in [1.82, 2.24) is 0 Å². The minimum Gasteiger partial charge on any atom is -0.497 e. The van der Waals surface area contributed by atoms with Crippen molar-refractivity contribution < 1.29 is 9.47 Å². The Hall–Kier alpha value is -1.06. The first-order chi connectivity index (χ1) is 8.13. The van der Waals surface area contributed by atoms with Crippen LogP contribution < -0.4 is 10.5 Å². The first-order valence-corrected chi connectivity index (χ1v) is 6.13. The van der Waals surface area contributed by atoms with Crippen LogP contribution in [-0.4, -0.2) is 19.3 Å². The molecule has 3 heteroatoms.